The van der Waals surface area contributed by atoms with Gasteiger partial charge in [0.15, 0.2) is 0 Å². The van der Waals surface area contributed by atoms with Crippen molar-refractivity contribution in [1.29, 1.82) is 0 Å². The Morgan fingerprint density at radius 2 is 1.78 bits per heavy atom. The van der Waals surface area contributed by atoms with E-state index in [1.165, 1.54) is 6.07 Å². The van der Waals surface area contributed by atoms with E-state index in [-0.39, 0.29) is 10.8 Å². The zero-order valence-electron chi connectivity index (χ0n) is 15.9. The molecule has 1 aliphatic rings. The number of anilines is 1. The van der Waals surface area contributed by atoms with E-state index in [4.69, 9.17) is 0 Å². The summed E-state index contributed by atoms with van der Waals surface area (Å²) in [5, 5.41) is 0. The molecular formula is C21H26N2O3S. The average molecular weight is 387 g/mol. The molecule has 0 unspecified atom stereocenters. The SMILES string of the molecule is CCc1ccccc1NS(=O)(=O)c1ccc(C)c(C(=O)N2CCCCC2)c1. The number of carbonyl (C=O) groups excluding carboxylic acids is 1. The number of hydrogen-bond donors (Lipinski definition) is 1. The molecule has 6 heteroatoms. The zero-order chi connectivity index (χ0) is 19.4. The number of rotatable bonds is 5. The molecule has 0 radical (unpaired) electrons. The maximum Gasteiger partial charge on any atom is 0.261 e. The Balaban J connectivity index is 1.91. The number of aryl methyl sites for hydroxylation is 2. The zero-order valence-corrected chi connectivity index (χ0v) is 16.7. The molecule has 0 saturated carbocycles. The monoisotopic (exact) mass is 386 g/mol. The molecule has 1 amide bonds. The Kier molecular flexibility index (Phi) is 5.85. The number of carbonyl (C=O) groups is 1. The lowest BCUT2D eigenvalue weighted by atomic mass is 10.1. The number of amides is 1. The highest BCUT2D eigenvalue weighted by atomic mass is 32.2. The van der Waals surface area contributed by atoms with E-state index in [2.05, 4.69) is 4.72 Å². The number of piperidine rings is 1. The number of para-hydroxylation sites is 1. The summed E-state index contributed by atoms with van der Waals surface area (Å²) in [5.74, 6) is -0.0850. The van der Waals surface area contributed by atoms with Gasteiger partial charge in [-0.25, -0.2) is 8.42 Å². The van der Waals surface area contributed by atoms with Gasteiger partial charge in [0.05, 0.1) is 10.6 Å². The van der Waals surface area contributed by atoms with E-state index in [9.17, 15) is 13.2 Å². The molecule has 2 aromatic carbocycles. The third-order valence-corrected chi connectivity index (χ3v) is 6.40. The van der Waals surface area contributed by atoms with E-state index in [1.54, 1.807) is 24.3 Å². The van der Waals surface area contributed by atoms with Crippen LogP contribution in [0.25, 0.3) is 0 Å². The minimum Gasteiger partial charge on any atom is -0.339 e. The Morgan fingerprint density at radius 1 is 1.07 bits per heavy atom. The van der Waals surface area contributed by atoms with Gasteiger partial charge in [-0.15, -0.1) is 0 Å². The summed E-state index contributed by atoms with van der Waals surface area (Å²) in [6.07, 6.45) is 3.86. The van der Waals surface area contributed by atoms with Crippen LogP contribution in [0.4, 0.5) is 5.69 Å². The lowest BCUT2D eigenvalue weighted by Gasteiger charge is -2.27. The maximum atomic E-state index is 12.9. The van der Waals surface area contributed by atoms with Gasteiger partial charge in [0.25, 0.3) is 15.9 Å². The van der Waals surface area contributed by atoms with Crippen LogP contribution >= 0.6 is 0 Å². The highest BCUT2D eigenvalue weighted by molar-refractivity contribution is 7.92. The molecule has 1 fully saturated rings. The van der Waals surface area contributed by atoms with Gasteiger partial charge in [-0.05, 0) is 61.9 Å². The minimum absolute atomic E-state index is 0.0850. The third kappa shape index (κ3) is 4.33. The van der Waals surface area contributed by atoms with Gasteiger partial charge in [0, 0.05) is 18.7 Å². The van der Waals surface area contributed by atoms with Crippen LogP contribution < -0.4 is 4.72 Å². The summed E-state index contributed by atoms with van der Waals surface area (Å²) in [6.45, 7) is 5.29. The Morgan fingerprint density at radius 3 is 2.48 bits per heavy atom. The second-order valence-electron chi connectivity index (χ2n) is 6.95. The van der Waals surface area contributed by atoms with Gasteiger partial charge in [-0.3, -0.25) is 9.52 Å². The highest BCUT2D eigenvalue weighted by Gasteiger charge is 2.23. The summed E-state index contributed by atoms with van der Waals surface area (Å²) in [4.78, 5) is 14.8. The molecule has 0 aliphatic carbocycles. The number of sulfonamides is 1. The first-order chi connectivity index (χ1) is 12.9. The van der Waals surface area contributed by atoms with E-state index >= 15 is 0 Å². The largest absolute Gasteiger partial charge is 0.339 e. The molecule has 3 rings (SSSR count). The van der Waals surface area contributed by atoms with Gasteiger partial charge in [-0.2, -0.15) is 0 Å². The van der Waals surface area contributed by atoms with Crippen LogP contribution in [0.1, 0.15) is 47.7 Å². The number of benzene rings is 2. The molecular weight excluding hydrogens is 360 g/mol. The normalized spacial score (nSPS) is 14.8. The highest BCUT2D eigenvalue weighted by Crippen LogP contribution is 2.23. The van der Waals surface area contributed by atoms with Gasteiger partial charge in [0.2, 0.25) is 0 Å². The Hall–Kier alpha value is -2.34. The van der Waals surface area contributed by atoms with Crippen molar-refractivity contribution < 1.29 is 13.2 Å². The fraction of sp³-hybridized carbons (Fsp3) is 0.381. The lowest BCUT2D eigenvalue weighted by molar-refractivity contribution is 0.0723. The molecule has 0 bridgehead atoms. The standard InChI is InChI=1S/C21H26N2O3S/c1-3-17-9-5-6-10-20(17)22-27(25,26)18-12-11-16(2)19(15-18)21(24)23-13-7-4-8-14-23/h5-6,9-12,15,22H,3-4,7-8,13-14H2,1-2H3. The molecule has 1 heterocycles. The third-order valence-electron chi connectivity index (χ3n) is 5.04. The molecule has 0 aromatic heterocycles. The summed E-state index contributed by atoms with van der Waals surface area (Å²) in [6, 6.07) is 12.1. The molecule has 27 heavy (non-hydrogen) atoms. The first-order valence-corrected chi connectivity index (χ1v) is 10.9. The van der Waals surface area contributed by atoms with Crippen molar-refractivity contribution in [3.63, 3.8) is 0 Å². The topological polar surface area (TPSA) is 66.5 Å². The maximum absolute atomic E-state index is 12.9. The van der Waals surface area contributed by atoms with E-state index in [1.807, 2.05) is 30.9 Å². The van der Waals surface area contributed by atoms with E-state index < -0.39 is 10.0 Å². The number of hydrogen-bond acceptors (Lipinski definition) is 3. The predicted molar refractivity (Wildman–Crippen MR) is 108 cm³/mol. The second kappa shape index (κ2) is 8.13. The average Bonchev–Trinajstić information content (AvgIpc) is 2.68. The van der Waals surface area contributed by atoms with Crippen LogP contribution in [0.2, 0.25) is 0 Å². The van der Waals surface area contributed by atoms with Gasteiger partial charge in [-0.1, -0.05) is 31.2 Å². The first kappa shape index (κ1) is 19.4. The van der Waals surface area contributed by atoms with Gasteiger partial charge < -0.3 is 4.90 Å². The van der Waals surface area contributed by atoms with Crippen molar-refractivity contribution in [2.75, 3.05) is 17.8 Å². The molecule has 2 aromatic rings. The van der Waals surface area contributed by atoms with Crippen molar-refractivity contribution in [2.24, 2.45) is 0 Å². The molecule has 0 atom stereocenters. The van der Waals surface area contributed by atoms with Crippen LogP contribution in [0.15, 0.2) is 47.4 Å². The Labute approximate surface area is 161 Å². The van der Waals surface area contributed by atoms with Crippen molar-refractivity contribution in [2.45, 2.75) is 44.4 Å². The minimum atomic E-state index is -3.77. The molecule has 1 N–H and O–H groups in total. The van der Waals surface area contributed by atoms with E-state index in [0.29, 0.717) is 11.3 Å². The van der Waals surface area contributed by atoms with Crippen LogP contribution in [0.3, 0.4) is 0 Å². The van der Waals surface area contributed by atoms with Gasteiger partial charge in [0.1, 0.15) is 0 Å². The summed E-state index contributed by atoms with van der Waals surface area (Å²) >= 11 is 0. The quantitative estimate of drug-likeness (QED) is 0.845. The number of likely N-dealkylation sites (tertiary alicyclic amines) is 1. The van der Waals surface area contributed by atoms with Crippen LogP contribution in [-0.2, 0) is 16.4 Å². The fourth-order valence-corrected chi connectivity index (χ4v) is 4.52. The molecule has 5 nitrogen and oxygen atoms in total. The Bertz CT molecular complexity index is 932. The second-order valence-corrected chi connectivity index (χ2v) is 8.63. The lowest BCUT2D eigenvalue weighted by Crippen LogP contribution is -2.36. The van der Waals surface area contributed by atoms with Crippen LogP contribution in [-0.4, -0.2) is 32.3 Å². The fourth-order valence-electron chi connectivity index (χ4n) is 3.40. The van der Waals surface area contributed by atoms with E-state index in [0.717, 1.165) is 49.9 Å². The predicted octanol–water partition coefficient (Wildman–Crippen LogP) is 3.98. The van der Waals surface area contributed by atoms with Crippen molar-refractivity contribution in [3.8, 4) is 0 Å². The van der Waals surface area contributed by atoms with Crippen LogP contribution in [0, 0.1) is 6.92 Å². The van der Waals surface area contributed by atoms with Crippen LogP contribution in [0.5, 0.6) is 0 Å². The summed E-state index contributed by atoms with van der Waals surface area (Å²) in [7, 11) is -3.77. The summed E-state index contributed by atoms with van der Waals surface area (Å²) in [5.41, 5.74) is 2.75. The molecule has 1 saturated heterocycles. The number of nitrogens with zero attached hydrogens (tertiary/aromatic N) is 1. The molecule has 0 spiro atoms. The van der Waals surface area contributed by atoms with Crippen molar-refractivity contribution in [3.05, 3.63) is 59.2 Å². The summed E-state index contributed by atoms with van der Waals surface area (Å²) < 4.78 is 28.5. The molecule has 1 aliphatic heterocycles. The number of nitrogens with one attached hydrogen (secondary N) is 1. The van der Waals surface area contributed by atoms with Crippen molar-refractivity contribution in [1.82, 2.24) is 4.90 Å². The van der Waals surface area contributed by atoms with Gasteiger partial charge >= 0.3 is 0 Å². The first-order valence-electron chi connectivity index (χ1n) is 9.43. The molecule has 144 valence electrons. The van der Waals surface area contributed by atoms with Crippen molar-refractivity contribution >= 4 is 21.6 Å². The smallest absolute Gasteiger partial charge is 0.261 e.